The third-order valence-corrected chi connectivity index (χ3v) is 7.35. The summed E-state index contributed by atoms with van der Waals surface area (Å²) in [6.07, 6.45) is 2.90. The summed E-state index contributed by atoms with van der Waals surface area (Å²) in [6, 6.07) is 10.8. The van der Waals surface area contributed by atoms with Crippen molar-refractivity contribution in [3.8, 4) is 11.5 Å². The number of carbonyl (C=O) groups excluding carboxylic acids is 2. The van der Waals surface area contributed by atoms with Gasteiger partial charge in [0.25, 0.3) is 0 Å². The SMILES string of the molecule is COc1cc(OCCS(C)=O)ccc1NC(=O)C1CC2(CN1)C(=O)Nc1ccc(CC(C)(C)C)cc12. The number of benzene rings is 2. The Bertz CT molecular complexity index is 1190. The normalized spacial score (nSPS) is 21.7. The fourth-order valence-corrected chi connectivity index (χ4v) is 5.22. The lowest BCUT2D eigenvalue weighted by Gasteiger charge is -2.23. The Kier molecular flexibility index (Phi) is 7.43. The molecule has 1 spiro atoms. The van der Waals surface area contributed by atoms with Crippen LogP contribution < -0.4 is 25.4 Å². The third-order valence-electron chi connectivity index (χ3n) is 6.61. The van der Waals surface area contributed by atoms with E-state index in [1.165, 1.54) is 12.7 Å². The molecule has 9 heteroatoms. The molecule has 3 atom stereocenters. The van der Waals surface area contributed by atoms with E-state index in [4.69, 9.17) is 9.47 Å². The van der Waals surface area contributed by atoms with Crippen molar-refractivity contribution in [2.24, 2.45) is 5.41 Å². The van der Waals surface area contributed by atoms with E-state index in [1.807, 2.05) is 6.07 Å². The molecule has 194 valence electrons. The minimum atomic E-state index is -0.935. The molecule has 2 heterocycles. The highest BCUT2D eigenvalue weighted by Gasteiger charge is 2.53. The van der Waals surface area contributed by atoms with E-state index in [-0.39, 0.29) is 17.2 Å². The van der Waals surface area contributed by atoms with E-state index < -0.39 is 22.3 Å². The average molecular weight is 514 g/mol. The van der Waals surface area contributed by atoms with E-state index in [1.54, 1.807) is 24.5 Å². The van der Waals surface area contributed by atoms with Gasteiger partial charge in [0, 0.05) is 35.4 Å². The number of amides is 2. The molecule has 4 rings (SSSR count). The maximum atomic E-state index is 13.2. The molecule has 3 unspecified atom stereocenters. The molecule has 36 heavy (non-hydrogen) atoms. The fraction of sp³-hybridized carbons (Fsp3) is 0.481. The van der Waals surface area contributed by atoms with Gasteiger partial charge < -0.3 is 25.4 Å². The van der Waals surface area contributed by atoms with Gasteiger partial charge in [-0.3, -0.25) is 13.8 Å². The Morgan fingerprint density at radius 3 is 2.69 bits per heavy atom. The van der Waals surface area contributed by atoms with Crippen molar-refractivity contribution in [1.29, 1.82) is 0 Å². The lowest BCUT2D eigenvalue weighted by Crippen LogP contribution is -2.36. The zero-order chi connectivity index (χ0) is 26.1. The molecule has 0 radical (unpaired) electrons. The molecule has 2 aromatic rings. The van der Waals surface area contributed by atoms with Crippen molar-refractivity contribution < 1.29 is 23.3 Å². The van der Waals surface area contributed by atoms with Crippen LogP contribution in [0, 0.1) is 5.41 Å². The van der Waals surface area contributed by atoms with Gasteiger partial charge in [0.15, 0.2) is 0 Å². The van der Waals surface area contributed by atoms with Gasteiger partial charge in [-0.2, -0.15) is 0 Å². The van der Waals surface area contributed by atoms with Crippen molar-refractivity contribution in [3.05, 3.63) is 47.5 Å². The molecular weight excluding hydrogens is 478 g/mol. The highest BCUT2D eigenvalue weighted by Crippen LogP contribution is 2.44. The molecular formula is C27H35N3O5S. The molecule has 0 bridgehead atoms. The summed E-state index contributed by atoms with van der Waals surface area (Å²) in [6.45, 7) is 7.30. The highest BCUT2D eigenvalue weighted by atomic mass is 32.2. The van der Waals surface area contributed by atoms with Crippen LogP contribution in [0.3, 0.4) is 0 Å². The zero-order valence-corrected chi connectivity index (χ0v) is 22.3. The lowest BCUT2D eigenvalue weighted by molar-refractivity contribution is -0.120. The first-order chi connectivity index (χ1) is 17.0. The number of hydrogen-bond acceptors (Lipinski definition) is 6. The minimum absolute atomic E-state index is 0.0692. The maximum Gasteiger partial charge on any atom is 0.241 e. The van der Waals surface area contributed by atoms with E-state index >= 15 is 0 Å². The molecule has 0 saturated carbocycles. The second-order valence-electron chi connectivity index (χ2n) is 10.8. The summed E-state index contributed by atoms with van der Waals surface area (Å²) < 4.78 is 22.3. The zero-order valence-electron chi connectivity index (χ0n) is 21.5. The van der Waals surface area contributed by atoms with Crippen LogP contribution in [0.25, 0.3) is 0 Å². The fourth-order valence-electron chi connectivity index (χ4n) is 4.90. The first kappa shape index (κ1) is 26.2. The summed E-state index contributed by atoms with van der Waals surface area (Å²) in [7, 11) is 0.586. The van der Waals surface area contributed by atoms with Gasteiger partial charge in [0.05, 0.1) is 36.6 Å². The minimum Gasteiger partial charge on any atom is -0.494 e. The van der Waals surface area contributed by atoms with E-state index in [0.717, 1.165) is 17.7 Å². The Morgan fingerprint density at radius 2 is 2.00 bits per heavy atom. The van der Waals surface area contributed by atoms with Crippen LogP contribution in [0.4, 0.5) is 11.4 Å². The molecule has 3 N–H and O–H groups in total. The predicted molar refractivity (Wildman–Crippen MR) is 142 cm³/mol. The van der Waals surface area contributed by atoms with Crippen LogP contribution >= 0.6 is 0 Å². The van der Waals surface area contributed by atoms with Crippen molar-refractivity contribution >= 4 is 34.0 Å². The molecule has 0 aliphatic carbocycles. The Labute approximate surface area is 215 Å². The van der Waals surface area contributed by atoms with Gasteiger partial charge in [-0.1, -0.05) is 32.9 Å². The Hall–Kier alpha value is -2.91. The number of methoxy groups -OCH3 is 1. The summed E-state index contributed by atoms with van der Waals surface area (Å²) in [4.78, 5) is 26.3. The van der Waals surface area contributed by atoms with Gasteiger partial charge in [-0.15, -0.1) is 0 Å². The number of fused-ring (bicyclic) bond motifs is 2. The number of rotatable bonds is 8. The molecule has 2 amide bonds. The van der Waals surface area contributed by atoms with E-state index in [9.17, 15) is 13.8 Å². The molecule has 8 nitrogen and oxygen atoms in total. The second-order valence-corrected chi connectivity index (χ2v) is 12.3. The second kappa shape index (κ2) is 10.2. The molecule has 1 saturated heterocycles. The van der Waals surface area contributed by atoms with Crippen LogP contribution in [-0.2, 0) is 32.2 Å². The smallest absolute Gasteiger partial charge is 0.241 e. The van der Waals surface area contributed by atoms with Gasteiger partial charge in [0.2, 0.25) is 11.8 Å². The predicted octanol–water partition coefficient (Wildman–Crippen LogP) is 3.23. The van der Waals surface area contributed by atoms with Gasteiger partial charge in [-0.25, -0.2) is 0 Å². The quantitative estimate of drug-likeness (QED) is 0.501. The van der Waals surface area contributed by atoms with Gasteiger partial charge >= 0.3 is 0 Å². The van der Waals surface area contributed by atoms with Crippen LogP contribution in [0.1, 0.15) is 38.3 Å². The first-order valence-corrected chi connectivity index (χ1v) is 13.8. The largest absolute Gasteiger partial charge is 0.494 e. The number of nitrogens with one attached hydrogen (secondary N) is 3. The summed E-state index contributed by atoms with van der Waals surface area (Å²) in [5.41, 5.74) is 2.84. The molecule has 2 aliphatic heterocycles. The maximum absolute atomic E-state index is 13.2. The summed E-state index contributed by atoms with van der Waals surface area (Å²) >= 11 is 0. The number of ether oxygens (including phenoxy) is 2. The van der Waals surface area contributed by atoms with Crippen LogP contribution in [-0.4, -0.2) is 54.3 Å². The molecule has 2 aromatic carbocycles. The first-order valence-electron chi connectivity index (χ1n) is 12.1. The van der Waals surface area contributed by atoms with Gasteiger partial charge in [-0.05, 0) is 47.6 Å². The lowest BCUT2D eigenvalue weighted by atomic mass is 9.78. The van der Waals surface area contributed by atoms with Crippen LogP contribution in [0.5, 0.6) is 11.5 Å². The van der Waals surface area contributed by atoms with Crippen LogP contribution in [0.15, 0.2) is 36.4 Å². The Balaban J connectivity index is 1.47. The topological polar surface area (TPSA) is 106 Å². The van der Waals surface area contributed by atoms with E-state index in [0.29, 0.717) is 42.5 Å². The van der Waals surface area contributed by atoms with Crippen molar-refractivity contribution in [2.45, 2.75) is 45.1 Å². The Morgan fingerprint density at radius 1 is 1.22 bits per heavy atom. The highest BCUT2D eigenvalue weighted by molar-refractivity contribution is 7.84. The number of anilines is 2. The number of carbonyl (C=O) groups is 2. The summed E-state index contributed by atoms with van der Waals surface area (Å²) in [5, 5.41) is 9.21. The van der Waals surface area contributed by atoms with E-state index in [2.05, 4.69) is 48.9 Å². The standard InChI is InChI=1S/C27H35N3O5S/c1-26(2,3)14-17-6-8-20-19(12-17)27(25(32)30-20)15-22(28-16-27)24(31)29-21-9-7-18(13-23(21)34-4)35-10-11-36(5)33/h6-9,12-13,22,28H,10-11,14-16H2,1-5H3,(H,29,31)(H,30,32). The number of hydrogen-bond donors (Lipinski definition) is 3. The molecule has 0 aromatic heterocycles. The summed E-state index contributed by atoms with van der Waals surface area (Å²) in [5.74, 6) is 1.16. The van der Waals surface area contributed by atoms with Gasteiger partial charge in [0.1, 0.15) is 11.5 Å². The third kappa shape index (κ3) is 5.57. The van der Waals surface area contributed by atoms with Crippen molar-refractivity contribution in [2.75, 3.05) is 42.9 Å². The molecule has 2 aliphatic rings. The van der Waals surface area contributed by atoms with Crippen LogP contribution in [0.2, 0.25) is 0 Å². The van der Waals surface area contributed by atoms with Crippen molar-refractivity contribution in [3.63, 3.8) is 0 Å². The molecule has 1 fully saturated rings. The van der Waals surface area contributed by atoms with Crippen molar-refractivity contribution in [1.82, 2.24) is 5.32 Å². The average Bonchev–Trinajstić information content (AvgIpc) is 3.36. The monoisotopic (exact) mass is 513 g/mol.